The van der Waals surface area contributed by atoms with Gasteiger partial charge in [-0.3, -0.25) is 4.79 Å². The number of amides is 2. The van der Waals surface area contributed by atoms with Crippen LogP contribution in [0.4, 0.5) is 16.3 Å². The standard InChI is InChI=1S/C33H36N6O4/c1-37-16-8-13-26(37)23-42-32-35-29(31(40)34-28-15-7-12-25-11-5-6-14-27(25)28)21-30(36-32)38-17-19-39(20-18-38)33(41)43-22-24-9-3-2-4-10-24/h2-7,9-12,14-15,21,26H,8,13,16-20,22-23H2,1H3,(H,34,40)/t26-/m0/s1. The summed E-state index contributed by atoms with van der Waals surface area (Å²) < 4.78 is 11.6. The molecule has 3 aromatic carbocycles. The summed E-state index contributed by atoms with van der Waals surface area (Å²) in [5, 5.41) is 5.01. The van der Waals surface area contributed by atoms with Crippen molar-refractivity contribution in [1.29, 1.82) is 0 Å². The zero-order chi connectivity index (χ0) is 29.6. The second-order valence-electron chi connectivity index (χ2n) is 11.0. The van der Waals surface area contributed by atoms with Gasteiger partial charge in [0.15, 0.2) is 0 Å². The van der Waals surface area contributed by atoms with Crippen LogP contribution in [0.3, 0.4) is 0 Å². The third-order valence-electron chi connectivity index (χ3n) is 8.11. The number of nitrogens with zero attached hydrogens (tertiary/aromatic N) is 5. The van der Waals surface area contributed by atoms with Crippen molar-refractivity contribution in [3.8, 4) is 6.01 Å². The van der Waals surface area contributed by atoms with E-state index in [1.54, 1.807) is 11.0 Å². The molecule has 0 unspecified atom stereocenters. The smallest absolute Gasteiger partial charge is 0.410 e. The number of carbonyl (C=O) groups excluding carboxylic acids is 2. The summed E-state index contributed by atoms with van der Waals surface area (Å²) in [5.74, 6) is 0.246. The van der Waals surface area contributed by atoms with E-state index in [4.69, 9.17) is 9.47 Å². The summed E-state index contributed by atoms with van der Waals surface area (Å²) in [5.41, 5.74) is 1.87. The number of carbonyl (C=O) groups is 2. The van der Waals surface area contributed by atoms with E-state index in [2.05, 4.69) is 27.2 Å². The number of piperazine rings is 1. The summed E-state index contributed by atoms with van der Waals surface area (Å²) in [4.78, 5) is 41.4. The van der Waals surface area contributed by atoms with Crippen LogP contribution in [0.5, 0.6) is 6.01 Å². The molecular weight excluding hydrogens is 544 g/mol. The Morgan fingerprint density at radius 2 is 1.67 bits per heavy atom. The minimum Gasteiger partial charge on any atom is -0.462 e. The maximum atomic E-state index is 13.5. The first-order valence-corrected chi connectivity index (χ1v) is 14.8. The number of hydrogen-bond acceptors (Lipinski definition) is 8. The molecule has 0 saturated carbocycles. The van der Waals surface area contributed by atoms with Gasteiger partial charge in [-0.25, -0.2) is 4.79 Å². The molecule has 2 aliphatic heterocycles. The number of likely N-dealkylation sites (N-methyl/N-ethyl adjacent to an activating group) is 1. The predicted octanol–water partition coefficient (Wildman–Crippen LogP) is 4.81. The van der Waals surface area contributed by atoms with E-state index in [1.807, 2.05) is 77.7 Å². The molecule has 10 nitrogen and oxygen atoms in total. The van der Waals surface area contributed by atoms with Crippen LogP contribution >= 0.6 is 0 Å². The summed E-state index contributed by atoms with van der Waals surface area (Å²) in [6.45, 7) is 3.73. The molecule has 0 spiro atoms. The van der Waals surface area contributed by atoms with Crippen molar-refractivity contribution in [2.45, 2.75) is 25.5 Å². The highest BCUT2D eigenvalue weighted by atomic mass is 16.6. The molecular formula is C33H36N6O4. The minimum absolute atomic E-state index is 0.172. The van der Waals surface area contributed by atoms with Gasteiger partial charge in [-0.15, -0.1) is 0 Å². The molecule has 0 aliphatic carbocycles. The quantitative estimate of drug-likeness (QED) is 0.317. The van der Waals surface area contributed by atoms with Crippen molar-refractivity contribution < 1.29 is 19.1 Å². The maximum absolute atomic E-state index is 13.5. The summed E-state index contributed by atoms with van der Waals surface area (Å²) in [6, 6.07) is 25.5. The van der Waals surface area contributed by atoms with Crippen LogP contribution in [0, 0.1) is 0 Å². The van der Waals surface area contributed by atoms with Gasteiger partial charge in [0.05, 0.1) is 0 Å². The third kappa shape index (κ3) is 6.86. The Morgan fingerprint density at radius 1 is 0.907 bits per heavy atom. The predicted molar refractivity (Wildman–Crippen MR) is 165 cm³/mol. The molecule has 0 radical (unpaired) electrons. The lowest BCUT2D eigenvalue weighted by atomic mass is 10.1. The largest absolute Gasteiger partial charge is 0.462 e. The normalized spacial score (nSPS) is 17.2. The molecule has 2 amide bonds. The van der Waals surface area contributed by atoms with Crippen molar-refractivity contribution in [3.63, 3.8) is 0 Å². The number of aromatic nitrogens is 2. The lowest BCUT2D eigenvalue weighted by Crippen LogP contribution is -2.49. The van der Waals surface area contributed by atoms with Gasteiger partial charge < -0.3 is 29.5 Å². The van der Waals surface area contributed by atoms with Gasteiger partial charge in [0, 0.05) is 49.4 Å². The van der Waals surface area contributed by atoms with E-state index in [0.717, 1.165) is 35.7 Å². The van der Waals surface area contributed by atoms with Gasteiger partial charge in [0.2, 0.25) is 0 Å². The molecule has 2 fully saturated rings. The Hall–Kier alpha value is -4.70. The zero-order valence-electron chi connectivity index (χ0n) is 24.3. The Labute approximate surface area is 251 Å². The maximum Gasteiger partial charge on any atom is 0.410 e. The topological polar surface area (TPSA) is 100 Å². The molecule has 222 valence electrons. The van der Waals surface area contributed by atoms with E-state index in [-0.39, 0.29) is 36.4 Å². The highest BCUT2D eigenvalue weighted by molar-refractivity contribution is 6.08. The fourth-order valence-electron chi connectivity index (χ4n) is 5.57. The van der Waals surface area contributed by atoms with Crippen LogP contribution in [0.15, 0.2) is 78.9 Å². The first kappa shape index (κ1) is 28.4. The number of likely N-dealkylation sites (tertiary alicyclic amines) is 1. The molecule has 10 heteroatoms. The third-order valence-corrected chi connectivity index (χ3v) is 8.11. The highest BCUT2D eigenvalue weighted by Crippen LogP contribution is 2.25. The fourth-order valence-corrected chi connectivity index (χ4v) is 5.57. The Morgan fingerprint density at radius 3 is 2.47 bits per heavy atom. The number of anilines is 2. The fraction of sp³-hybridized carbons (Fsp3) is 0.333. The Balaban J connectivity index is 1.17. The Kier molecular flexibility index (Phi) is 8.65. The molecule has 2 aliphatic rings. The number of fused-ring (bicyclic) bond motifs is 1. The van der Waals surface area contributed by atoms with Gasteiger partial charge in [0.25, 0.3) is 5.91 Å². The second-order valence-corrected chi connectivity index (χ2v) is 11.0. The van der Waals surface area contributed by atoms with E-state index in [9.17, 15) is 9.59 Å². The van der Waals surface area contributed by atoms with Gasteiger partial charge in [-0.1, -0.05) is 66.7 Å². The van der Waals surface area contributed by atoms with Gasteiger partial charge in [0.1, 0.15) is 24.7 Å². The SMILES string of the molecule is CN1CCC[C@H]1COc1nc(C(=O)Nc2cccc3ccccc23)cc(N2CCN(C(=O)OCc3ccccc3)CC2)n1. The van der Waals surface area contributed by atoms with E-state index < -0.39 is 0 Å². The molecule has 1 atom stereocenters. The molecule has 3 heterocycles. The van der Waals surface area contributed by atoms with Crippen LogP contribution in [0.1, 0.15) is 28.9 Å². The Bertz CT molecular complexity index is 1570. The zero-order valence-corrected chi connectivity index (χ0v) is 24.3. The van der Waals surface area contributed by atoms with Gasteiger partial charge in [-0.05, 0) is 43.5 Å². The molecule has 43 heavy (non-hydrogen) atoms. The number of hydrogen-bond donors (Lipinski definition) is 1. The summed E-state index contributed by atoms with van der Waals surface area (Å²) >= 11 is 0. The van der Waals surface area contributed by atoms with Crippen LogP contribution in [0.25, 0.3) is 10.8 Å². The van der Waals surface area contributed by atoms with E-state index in [0.29, 0.717) is 44.3 Å². The monoisotopic (exact) mass is 580 g/mol. The average molecular weight is 581 g/mol. The van der Waals surface area contributed by atoms with Crippen molar-refractivity contribution in [2.24, 2.45) is 0 Å². The van der Waals surface area contributed by atoms with Crippen molar-refractivity contribution >= 4 is 34.3 Å². The second kappa shape index (κ2) is 13.1. The molecule has 0 bridgehead atoms. The van der Waals surface area contributed by atoms with E-state index in [1.165, 1.54) is 0 Å². The van der Waals surface area contributed by atoms with Gasteiger partial charge >= 0.3 is 12.1 Å². The summed E-state index contributed by atoms with van der Waals surface area (Å²) in [6.07, 6.45) is 1.83. The molecule has 6 rings (SSSR count). The number of rotatable bonds is 8. The number of benzene rings is 3. The molecule has 1 N–H and O–H groups in total. The first-order valence-electron chi connectivity index (χ1n) is 14.8. The molecule has 4 aromatic rings. The van der Waals surface area contributed by atoms with Crippen LogP contribution in [-0.2, 0) is 11.3 Å². The average Bonchev–Trinajstić information content (AvgIpc) is 3.47. The number of ether oxygens (including phenoxy) is 2. The molecule has 1 aromatic heterocycles. The minimum atomic E-state index is -0.342. The van der Waals surface area contributed by atoms with Crippen molar-refractivity contribution in [1.82, 2.24) is 19.8 Å². The first-order chi connectivity index (χ1) is 21.0. The summed E-state index contributed by atoms with van der Waals surface area (Å²) in [7, 11) is 2.09. The van der Waals surface area contributed by atoms with Crippen LogP contribution < -0.4 is 15.0 Å². The van der Waals surface area contributed by atoms with Gasteiger partial charge in [-0.2, -0.15) is 9.97 Å². The van der Waals surface area contributed by atoms with E-state index >= 15 is 0 Å². The number of nitrogens with one attached hydrogen (secondary N) is 1. The molecule has 2 saturated heterocycles. The van der Waals surface area contributed by atoms with Crippen molar-refractivity contribution in [2.75, 3.05) is 56.6 Å². The van der Waals surface area contributed by atoms with Crippen LogP contribution in [-0.4, -0.2) is 84.2 Å². The lowest BCUT2D eigenvalue weighted by molar-refractivity contribution is 0.0941. The lowest BCUT2D eigenvalue weighted by Gasteiger charge is -2.34. The van der Waals surface area contributed by atoms with Crippen molar-refractivity contribution in [3.05, 3.63) is 90.1 Å². The van der Waals surface area contributed by atoms with Crippen LogP contribution in [0.2, 0.25) is 0 Å². The highest BCUT2D eigenvalue weighted by Gasteiger charge is 2.26.